The number of imidazole rings is 1. The number of rotatable bonds is 4. The molecule has 0 aliphatic heterocycles. The highest BCUT2D eigenvalue weighted by molar-refractivity contribution is 5.82. The van der Waals surface area contributed by atoms with Crippen molar-refractivity contribution in [3.63, 3.8) is 0 Å². The van der Waals surface area contributed by atoms with Crippen molar-refractivity contribution in [3.05, 3.63) is 29.6 Å². The van der Waals surface area contributed by atoms with Crippen molar-refractivity contribution >= 4 is 16.9 Å². The Morgan fingerprint density at radius 2 is 2.19 bits per heavy atom. The number of carbonyl (C=O) groups is 1. The number of aryl methyl sites for hydroxylation is 2. The van der Waals surface area contributed by atoms with Crippen LogP contribution in [0.1, 0.15) is 31.7 Å². The van der Waals surface area contributed by atoms with Gasteiger partial charge in [-0.3, -0.25) is 4.79 Å². The monoisotopic (exact) mass is 285 g/mol. The number of hydrogen-bond donors (Lipinski definition) is 1. The second-order valence-corrected chi connectivity index (χ2v) is 6.87. The minimum absolute atomic E-state index is 0.189. The molecule has 1 atom stereocenters. The average Bonchev–Trinajstić information content (AvgIpc) is 2.95. The molecule has 2 aromatic rings. The lowest BCUT2D eigenvalue weighted by Gasteiger charge is -2.06. The molecular formula is C17H23N3O. The summed E-state index contributed by atoms with van der Waals surface area (Å²) in [5.41, 5.74) is 3.59. The van der Waals surface area contributed by atoms with Gasteiger partial charge in [-0.2, -0.15) is 0 Å². The Labute approximate surface area is 125 Å². The van der Waals surface area contributed by atoms with Gasteiger partial charge in [0.25, 0.3) is 0 Å². The summed E-state index contributed by atoms with van der Waals surface area (Å²) in [7, 11) is 2.03. The van der Waals surface area contributed by atoms with Crippen molar-refractivity contribution in [1.82, 2.24) is 14.9 Å². The molecule has 1 aromatic heterocycles. The molecule has 1 aromatic carbocycles. The van der Waals surface area contributed by atoms with Crippen LogP contribution in [0.4, 0.5) is 0 Å². The Morgan fingerprint density at radius 1 is 1.48 bits per heavy atom. The standard InChI is InChI=1S/C17H23N3O/c1-11-5-6-14-13(9-11)19-15(20(14)4)7-8-18-16(21)12-10-17(12,2)3/h5-6,9,12H,7-8,10H2,1-4H3,(H,18,21)/t12-/m1/s1. The van der Waals surface area contributed by atoms with Crippen LogP contribution in [0.25, 0.3) is 11.0 Å². The number of carbonyl (C=O) groups excluding carboxylic acids is 1. The molecule has 4 heteroatoms. The lowest BCUT2D eigenvalue weighted by molar-refractivity contribution is -0.122. The summed E-state index contributed by atoms with van der Waals surface area (Å²) in [5.74, 6) is 1.40. The molecule has 0 saturated heterocycles. The first-order valence-corrected chi connectivity index (χ1v) is 7.58. The van der Waals surface area contributed by atoms with Gasteiger partial charge in [0.1, 0.15) is 5.82 Å². The third kappa shape index (κ3) is 2.67. The molecule has 0 unspecified atom stereocenters. The van der Waals surface area contributed by atoms with Gasteiger partial charge in [-0.15, -0.1) is 0 Å². The first-order chi connectivity index (χ1) is 9.88. The molecule has 1 N–H and O–H groups in total. The number of nitrogens with one attached hydrogen (secondary N) is 1. The third-order valence-electron chi connectivity index (χ3n) is 4.61. The van der Waals surface area contributed by atoms with Crippen LogP contribution in [0.2, 0.25) is 0 Å². The van der Waals surface area contributed by atoms with Crippen LogP contribution in [0.15, 0.2) is 18.2 Å². The van der Waals surface area contributed by atoms with Gasteiger partial charge in [0.2, 0.25) is 5.91 Å². The normalized spacial score (nSPS) is 19.7. The van der Waals surface area contributed by atoms with Crippen molar-refractivity contribution in [2.24, 2.45) is 18.4 Å². The van der Waals surface area contributed by atoms with E-state index in [4.69, 9.17) is 0 Å². The first-order valence-electron chi connectivity index (χ1n) is 7.58. The molecule has 1 saturated carbocycles. The lowest BCUT2D eigenvalue weighted by Crippen LogP contribution is -2.29. The van der Waals surface area contributed by atoms with E-state index in [1.807, 2.05) is 7.05 Å². The van der Waals surface area contributed by atoms with Crippen molar-refractivity contribution in [2.75, 3.05) is 6.54 Å². The summed E-state index contributed by atoms with van der Waals surface area (Å²) in [5, 5.41) is 3.04. The number of hydrogen-bond acceptors (Lipinski definition) is 2. The van der Waals surface area contributed by atoms with Gasteiger partial charge in [0, 0.05) is 25.9 Å². The van der Waals surface area contributed by atoms with E-state index < -0.39 is 0 Å². The molecule has 0 bridgehead atoms. The number of fused-ring (bicyclic) bond motifs is 1. The quantitative estimate of drug-likeness (QED) is 0.938. The van der Waals surface area contributed by atoms with Gasteiger partial charge in [-0.1, -0.05) is 19.9 Å². The van der Waals surface area contributed by atoms with Crippen LogP contribution >= 0.6 is 0 Å². The molecule has 3 rings (SSSR count). The number of aromatic nitrogens is 2. The van der Waals surface area contributed by atoms with E-state index >= 15 is 0 Å². The van der Waals surface area contributed by atoms with Crippen LogP contribution in [-0.2, 0) is 18.3 Å². The highest BCUT2D eigenvalue weighted by Crippen LogP contribution is 2.51. The van der Waals surface area contributed by atoms with E-state index in [1.54, 1.807) is 0 Å². The van der Waals surface area contributed by atoms with E-state index in [0.717, 1.165) is 29.7 Å². The summed E-state index contributed by atoms with van der Waals surface area (Å²) in [4.78, 5) is 16.6. The summed E-state index contributed by atoms with van der Waals surface area (Å²) in [6, 6.07) is 6.31. The zero-order chi connectivity index (χ0) is 15.2. The predicted octanol–water partition coefficient (Wildman–Crippen LogP) is 2.59. The Balaban J connectivity index is 1.63. The van der Waals surface area contributed by atoms with Gasteiger partial charge in [-0.05, 0) is 36.5 Å². The van der Waals surface area contributed by atoms with Crippen LogP contribution < -0.4 is 5.32 Å². The summed E-state index contributed by atoms with van der Waals surface area (Å²) in [6.07, 6.45) is 1.77. The molecule has 1 heterocycles. The fourth-order valence-electron chi connectivity index (χ4n) is 2.92. The molecule has 1 aliphatic carbocycles. The fourth-order valence-corrected chi connectivity index (χ4v) is 2.92. The zero-order valence-corrected chi connectivity index (χ0v) is 13.2. The van der Waals surface area contributed by atoms with E-state index in [1.165, 1.54) is 5.56 Å². The van der Waals surface area contributed by atoms with Gasteiger partial charge in [0.05, 0.1) is 11.0 Å². The minimum atomic E-state index is 0.189. The smallest absolute Gasteiger partial charge is 0.223 e. The van der Waals surface area contributed by atoms with Crippen molar-refractivity contribution < 1.29 is 4.79 Å². The maximum absolute atomic E-state index is 12.0. The molecule has 0 radical (unpaired) electrons. The second kappa shape index (κ2) is 4.86. The maximum Gasteiger partial charge on any atom is 0.223 e. The second-order valence-electron chi connectivity index (χ2n) is 6.87. The Kier molecular flexibility index (Phi) is 3.27. The topological polar surface area (TPSA) is 46.9 Å². The average molecular weight is 285 g/mol. The summed E-state index contributed by atoms with van der Waals surface area (Å²) < 4.78 is 2.11. The van der Waals surface area contributed by atoms with Crippen LogP contribution in [-0.4, -0.2) is 22.0 Å². The predicted molar refractivity (Wildman–Crippen MR) is 84.1 cm³/mol. The van der Waals surface area contributed by atoms with Gasteiger partial charge in [-0.25, -0.2) is 4.98 Å². The van der Waals surface area contributed by atoms with Gasteiger partial charge in [0.15, 0.2) is 0 Å². The molecular weight excluding hydrogens is 262 g/mol. The third-order valence-corrected chi connectivity index (χ3v) is 4.61. The molecule has 4 nitrogen and oxygen atoms in total. The first kappa shape index (κ1) is 14.1. The Hall–Kier alpha value is -1.84. The minimum Gasteiger partial charge on any atom is -0.355 e. The van der Waals surface area contributed by atoms with Crippen molar-refractivity contribution in [2.45, 2.75) is 33.6 Å². The SMILES string of the molecule is Cc1ccc2c(c1)nc(CCNC(=O)[C@H]1CC1(C)C)n2C. The zero-order valence-electron chi connectivity index (χ0n) is 13.2. The molecule has 1 aliphatic rings. The number of amides is 1. The van der Waals surface area contributed by atoms with E-state index in [0.29, 0.717) is 6.54 Å². The fraction of sp³-hybridized carbons (Fsp3) is 0.529. The van der Waals surface area contributed by atoms with Crippen molar-refractivity contribution in [1.29, 1.82) is 0 Å². The summed E-state index contributed by atoms with van der Waals surface area (Å²) in [6.45, 7) is 7.02. The maximum atomic E-state index is 12.0. The highest BCUT2D eigenvalue weighted by atomic mass is 16.2. The summed E-state index contributed by atoms with van der Waals surface area (Å²) >= 11 is 0. The Bertz CT molecular complexity index is 699. The van der Waals surface area contributed by atoms with Crippen molar-refractivity contribution in [3.8, 4) is 0 Å². The lowest BCUT2D eigenvalue weighted by atomic mass is 10.1. The van der Waals surface area contributed by atoms with Gasteiger partial charge >= 0.3 is 0 Å². The van der Waals surface area contributed by atoms with E-state index in [9.17, 15) is 4.79 Å². The molecule has 21 heavy (non-hydrogen) atoms. The van der Waals surface area contributed by atoms with Gasteiger partial charge < -0.3 is 9.88 Å². The Morgan fingerprint density at radius 3 is 2.86 bits per heavy atom. The number of benzene rings is 1. The number of nitrogens with zero attached hydrogens (tertiary/aromatic N) is 2. The molecule has 0 spiro atoms. The largest absolute Gasteiger partial charge is 0.355 e. The molecule has 1 amide bonds. The van der Waals surface area contributed by atoms with E-state index in [-0.39, 0.29) is 17.2 Å². The van der Waals surface area contributed by atoms with E-state index in [2.05, 4.69) is 53.8 Å². The molecule has 112 valence electrons. The van der Waals surface area contributed by atoms with Crippen LogP contribution in [0, 0.1) is 18.3 Å². The van der Waals surface area contributed by atoms with Crippen LogP contribution in [0.5, 0.6) is 0 Å². The molecule has 1 fully saturated rings. The highest BCUT2D eigenvalue weighted by Gasteiger charge is 2.50. The van der Waals surface area contributed by atoms with Crippen LogP contribution in [0.3, 0.4) is 0 Å².